The Morgan fingerprint density at radius 1 is 0.925 bits per heavy atom. The smallest absolute Gasteiger partial charge is 0.257 e. The van der Waals surface area contributed by atoms with Gasteiger partial charge in [0.25, 0.3) is 5.91 Å². The molecule has 7 heteroatoms. The van der Waals surface area contributed by atoms with E-state index in [1.165, 1.54) is 31.7 Å². The number of piperidine rings is 1. The van der Waals surface area contributed by atoms with E-state index in [0.717, 1.165) is 22.2 Å². The molecule has 2 amide bonds. The first-order valence-corrected chi connectivity index (χ1v) is 14.3. The fourth-order valence-electron chi connectivity index (χ4n) is 6.41. The van der Waals surface area contributed by atoms with Crippen LogP contribution in [0.15, 0.2) is 72.9 Å². The lowest BCUT2D eigenvalue weighted by atomic mass is 9.83. The van der Waals surface area contributed by atoms with Gasteiger partial charge in [-0.15, -0.1) is 0 Å². The van der Waals surface area contributed by atoms with Crippen molar-refractivity contribution in [3.63, 3.8) is 0 Å². The number of rotatable bonds is 6. The lowest BCUT2D eigenvalue weighted by Gasteiger charge is -2.41. The van der Waals surface area contributed by atoms with Crippen molar-refractivity contribution in [1.29, 1.82) is 0 Å². The van der Waals surface area contributed by atoms with Crippen LogP contribution in [0, 0.1) is 18.7 Å². The highest BCUT2D eigenvalue weighted by Crippen LogP contribution is 2.39. The first kappa shape index (κ1) is 26.1. The second-order valence-corrected chi connectivity index (χ2v) is 11.1. The van der Waals surface area contributed by atoms with Gasteiger partial charge in [-0.1, -0.05) is 37.1 Å². The van der Waals surface area contributed by atoms with Gasteiger partial charge in [0.1, 0.15) is 5.82 Å². The first-order chi connectivity index (χ1) is 19.5. The molecule has 4 aromatic rings. The van der Waals surface area contributed by atoms with Gasteiger partial charge in [-0.3, -0.25) is 9.59 Å². The van der Waals surface area contributed by atoms with E-state index in [-0.39, 0.29) is 17.4 Å². The minimum Gasteiger partial charge on any atom is -0.382 e. The number of carbonyl (C=O) groups is 2. The van der Waals surface area contributed by atoms with Crippen LogP contribution in [0.1, 0.15) is 66.1 Å². The van der Waals surface area contributed by atoms with Crippen molar-refractivity contribution in [3.05, 3.63) is 95.4 Å². The number of carbonyl (C=O) groups excluding carboxylic acids is 2. The highest BCUT2D eigenvalue weighted by molar-refractivity contribution is 5.99. The fraction of sp³-hybridized carbons (Fsp3) is 0.333. The molecule has 0 radical (unpaired) electrons. The second kappa shape index (κ2) is 11.2. The molecule has 1 saturated carbocycles. The number of hydrogen-bond acceptors (Lipinski definition) is 3. The summed E-state index contributed by atoms with van der Waals surface area (Å²) < 4.78 is 14.9. The van der Waals surface area contributed by atoms with Crippen LogP contribution in [0.25, 0.3) is 10.9 Å². The molecular formula is C33H35FN4O2. The van der Waals surface area contributed by atoms with E-state index in [4.69, 9.17) is 0 Å². The van der Waals surface area contributed by atoms with E-state index in [9.17, 15) is 14.0 Å². The molecule has 1 aromatic heterocycles. The molecule has 0 unspecified atom stereocenters. The van der Waals surface area contributed by atoms with Crippen molar-refractivity contribution in [2.45, 2.75) is 57.5 Å². The van der Waals surface area contributed by atoms with Crippen molar-refractivity contribution in [3.8, 4) is 0 Å². The number of aromatic nitrogens is 1. The average molecular weight is 539 g/mol. The molecule has 2 heterocycles. The zero-order valence-corrected chi connectivity index (χ0v) is 22.8. The summed E-state index contributed by atoms with van der Waals surface area (Å²) in [7, 11) is 0. The minimum atomic E-state index is -0.536. The molecule has 3 N–H and O–H groups in total. The van der Waals surface area contributed by atoms with Crippen molar-refractivity contribution in [2.75, 3.05) is 17.2 Å². The van der Waals surface area contributed by atoms with Crippen LogP contribution in [-0.2, 0) is 4.79 Å². The molecule has 2 atom stereocenters. The highest BCUT2D eigenvalue weighted by Gasteiger charge is 2.40. The van der Waals surface area contributed by atoms with Gasteiger partial charge in [-0.05, 0) is 86.2 Å². The summed E-state index contributed by atoms with van der Waals surface area (Å²) in [5.41, 5.74) is 4.28. The van der Waals surface area contributed by atoms with Crippen molar-refractivity contribution < 1.29 is 14.0 Å². The van der Waals surface area contributed by atoms with Gasteiger partial charge >= 0.3 is 0 Å². The normalized spacial score (nSPS) is 19.6. The van der Waals surface area contributed by atoms with E-state index in [1.54, 1.807) is 24.0 Å². The van der Waals surface area contributed by atoms with Gasteiger partial charge in [-0.2, -0.15) is 0 Å². The number of benzene rings is 3. The average Bonchev–Trinajstić information content (AvgIpc) is 3.65. The summed E-state index contributed by atoms with van der Waals surface area (Å²) in [5, 5.41) is 7.72. The van der Waals surface area contributed by atoms with Crippen LogP contribution in [-0.4, -0.2) is 34.3 Å². The second-order valence-electron chi connectivity index (χ2n) is 11.1. The fourth-order valence-corrected chi connectivity index (χ4v) is 6.41. The van der Waals surface area contributed by atoms with Gasteiger partial charge in [0.05, 0.1) is 17.5 Å². The topological polar surface area (TPSA) is 77.2 Å². The molecule has 2 aliphatic rings. The predicted molar refractivity (Wildman–Crippen MR) is 157 cm³/mol. The summed E-state index contributed by atoms with van der Waals surface area (Å²) in [6.07, 6.45) is 8.00. The third-order valence-corrected chi connectivity index (χ3v) is 8.46. The van der Waals surface area contributed by atoms with E-state index in [1.807, 2.05) is 54.7 Å². The number of nitrogens with zero attached hydrogens (tertiary/aromatic N) is 1. The van der Waals surface area contributed by atoms with E-state index < -0.39 is 17.8 Å². The maximum Gasteiger partial charge on any atom is 0.257 e. The van der Waals surface area contributed by atoms with Crippen LogP contribution >= 0.6 is 0 Å². The lowest BCUT2D eigenvalue weighted by molar-refractivity contribution is -0.123. The molecule has 40 heavy (non-hydrogen) atoms. The van der Waals surface area contributed by atoms with Crippen molar-refractivity contribution >= 4 is 34.1 Å². The van der Waals surface area contributed by atoms with E-state index >= 15 is 0 Å². The molecular weight excluding hydrogens is 503 g/mol. The summed E-state index contributed by atoms with van der Waals surface area (Å²) in [6.45, 7) is 2.21. The maximum absolute atomic E-state index is 14.9. The van der Waals surface area contributed by atoms with Gasteiger partial charge in [-0.25, -0.2) is 4.39 Å². The largest absolute Gasteiger partial charge is 0.382 e. The Kier molecular flexibility index (Phi) is 7.29. The Labute approximate surface area is 234 Å². The summed E-state index contributed by atoms with van der Waals surface area (Å²) in [4.78, 5) is 32.6. The van der Waals surface area contributed by atoms with Crippen molar-refractivity contribution in [1.82, 2.24) is 9.88 Å². The van der Waals surface area contributed by atoms with E-state index in [0.29, 0.717) is 36.7 Å². The molecule has 1 aliphatic heterocycles. The number of aryl methyl sites for hydroxylation is 1. The summed E-state index contributed by atoms with van der Waals surface area (Å²) in [5.74, 6) is -1.54. The molecule has 0 bridgehead atoms. The molecule has 3 aromatic carbocycles. The molecule has 6 nitrogen and oxygen atoms in total. The Bertz CT molecular complexity index is 1500. The third kappa shape index (κ3) is 5.20. The zero-order chi connectivity index (χ0) is 27.6. The summed E-state index contributed by atoms with van der Waals surface area (Å²) >= 11 is 0. The Morgan fingerprint density at radius 3 is 2.48 bits per heavy atom. The van der Waals surface area contributed by atoms with Crippen molar-refractivity contribution in [2.24, 2.45) is 5.92 Å². The third-order valence-electron chi connectivity index (χ3n) is 8.46. The van der Waals surface area contributed by atoms with Gasteiger partial charge in [0, 0.05) is 41.1 Å². The number of amides is 2. The van der Waals surface area contributed by atoms with Crippen LogP contribution in [0.3, 0.4) is 0 Å². The maximum atomic E-state index is 14.9. The highest BCUT2D eigenvalue weighted by atomic mass is 19.1. The minimum absolute atomic E-state index is 0.0750. The first-order valence-electron chi connectivity index (χ1n) is 14.3. The van der Waals surface area contributed by atoms with Gasteiger partial charge in [0.15, 0.2) is 0 Å². The lowest BCUT2D eigenvalue weighted by Crippen LogP contribution is -2.46. The standard InChI is InChI=1S/C33H35FN4O2/c1-21-6-4-10-28(34)30(21)33(40)38-19-5-9-27(32(39)37-26-15-16-29-23(20-26)17-18-35-29)31(38)22-11-13-25(14-12-22)36-24-7-2-3-8-24/h4,6,10-18,20,24,27,31,35-36H,2-3,5,7-9,19H2,1H3,(H,37,39)/t27-,31-/m0/s1. The number of likely N-dealkylation sites (tertiary alicyclic amines) is 1. The number of hydrogen-bond donors (Lipinski definition) is 3. The van der Waals surface area contributed by atoms with Crippen LogP contribution in [0.2, 0.25) is 0 Å². The van der Waals surface area contributed by atoms with Crippen LogP contribution in [0.5, 0.6) is 0 Å². The summed E-state index contributed by atoms with van der Waals surface area (Å²) in [6, 6.07) is 20.5. The number of anilines is 2. The number of aromatic amines is 1. The van der Waals surface area contributed by atoms with Crippen LogP contribution < -0.4 is 10.6 Å². The van der Waals surface area contributed by atoms with Gasteiger partial charge in [0.2, 0.25) is 5.91 Å². The predicted octanol–water partition coefficient (Wildman–Crippen LogP) is 7.20. The Morgan fingerprint density at radius 2 is 1.70 bits per heavy atom. The molecule has 2 fully saturated rings. The molecule has 0 spiro atoms. The quantitative estimate of drug-likeness (QED) is 0.243. The molecule has 206 valence electrons. The number of fused-ring (bicyclic) bond motifs is 1. The molecule has 1 saturated heterocycles. The number of nitrogens with one attached hydrogen (secondary N) is 3. The number of halogens is 1. The SMILES string of the molecule is Cc1cccc(F)c1C(=O)N1CCC[C@H](C(=O)Nc2ccc3[nH]ccc3c2)[C@@H]1c1ccc(NC2CCCC2)cc1. The van der Waals surface area contributed by atoms with Crippen LogP contribution in [0.4, 0.5) is 15.8 Å². The number of H-pyrrole nitrogens is 1. The molecule has 1 aliphatic carbocycles. The zero-order valence-electron chi connectivity index (χ0n) is 22.8. The Hall–Kier alpha value is -4.13. The molecule has 6 rings (SSSR count). The van der Waals surface area contributed by atoms with Gasteiger partial charge < -0.3 is 20.5 Å². The monoisotopic (exact) mass is 538 g/mol. The van der Waals surface area contributed by atoms with E-state index in [2.05, 4.69) is 15.6 Å². The Balaban J connectivity index is 1.32.